The van der Waals surface area contributed by atoms with Gasteiger partial charge in [-0.25, -0.2) is 4.98 Å². The molecule has 0 aliphatic carbocycles. The third-order valence-corrected chi connectivity index (χ3v) is 3.33. The van der Waals surface area contributed by atoms with Crippen LogP contribution in [0.15, 0.2) is 41.1 Å². The van der Waals surface area contributed by atoms with Crippen LogP contribution in [-0.4, -0.2) is 14.8 Å². The molecule has 2 aromatic heterocycles. The van der Waals surface area contributed by atoms with Gasteiger partial charge in [-0.2, -0.15) is 5.10 Å². The van der Waals surface area contributed by atoms with Crippen molar-refractivity contribution < 1.29 is 4.42 Å². The molecule has 3 aromatic rings. The molecule has 0 fully saturated rings. The first-order chi connectivity index (χ1) is 9.93. The number of rotatable bonds is 3. The number of hydrogen-bond donors (Lipinski definition) is 1. The third kappa shape index (κ3) is 2.77. The smallest absolute Gasteiger partial charge is 0.217 e. The average Bonchev–Trinajstić information content (AvgIpc) is 3.03. The van der Waals surface area contributed by atoms with Crippen molar-refractivity contribution in [1.82, 2.24) is 14.8 Å². The van der Waals surface area contributed by atoms with Gasteiger partial charge in [0.25, 0.3) is 0 Å². The molecule has 0 aliphatic heterocycles. The normalized spacial score (nSPS) is 13.5. The standard InChI is InChI=1S/C16H20N4O/c1-11(15-19-13-7-5-6-8-14(13)21-15)18-12-9-17-20(10-12)16(2,3)4/h5-11,18H,1-4H3. The fraction of sp³-hybridized carbons (Fsp3) is 0.375. The molecule has 0 saturated carbocycles. The van der Waals surface area contributed by atoms with Crippen LogP contribution >= 0.6 is 0 Å². The Morgan fingerprint density at radius 1 is 1.24 bits per heavy atom. The van der Waals surface area contributed by atoms with Crippen LogP contribution in [0.4, 0.5) is 5.69 Å². The molecule has 3 rings (SSSR count). The van der Waals surface area contributed by atoms with Crippen LogP contribution in [-0.2, 0) is 5.54 Å². The summed E-state index contributed by atoms with van der Waals surface area (Å²) in [7, 11) is 0. The van der Waals surface area contributed by atoms with Crippen LogP contribution in [0, 0.1) is 0 Å². The zero-order chi connectivity index (χ0) is 15.0. The Labute approximate surface area is 124 Å². The van der Waals surface area contributed by atoms with Crippen LogP contribution in [0.2, 0.25) is 0 Å². The molecule has 5 heteroatoms. The lowest BCUT2D eigenvalue weighted by molar-refractivity contribution is 0.355. The molecular weight excluding hydrogens is 264 g/mol. The predicted molar refractivity (Wildman–Crippen MR) is 83.3 cm³/mol. The molecule has 1 atom stereocenters. The van der Waals surface area contributed by atoms with Gasteiger partial charge in [0.2, 0.25) is 5.89 Å². The maximum atomic E-state index is 5.78. The molecule has 5 nitrogen and oxygen atoms in total. The van der Waals surface area contributed by atoms with Crippen molar-refractivity contribution in [2.24, 2.45) is 0 Å². The zero-order valence-corrected chi connectivity index (χ0v) is 12.8. The predicted octanol–water partition coefficient (Wildman–Crippen LogP) is 3.95. The van der Waals surface area contributed by atoms with E-state index in [0.29, 0.717) is 5.89 Å². The highest BCUT2D eigenvalue weighted by Gasteiger charge is 2.17. The second kappa shape index (κ2) is 4.91. The largest absolute Gasteiger partial charge is 0.438 e. The minimum Gasteiger partial charge on any atom is -0.438 e. The van der Waals surface area contributed by atoms with Crippen molar-refractivity contribution in [3.8, 4) is 0 Å². The third-order valence-electron chi connectivity index (χ3n) is 3.33. The molecule has 0 spiro atoms. The van der Waals surface area contributed by atoms with Gasteiger partial charge in [-0.1, -0.05) is 12.1 Å². The molecule has 0 saturated heterocycles. The number of aromatic nitrogens is 3. The Morgan fingerprint density at radius 3 is 2.67 bits per heavy atom. The van der Waals surface area contributed by atoms with Crippen LogP contribution in [0.1, 0.15) is 39.6 Å². The number of anilines is 1. The van der Waals surface area contributed by atoms with E-state index in [0.717, 1.165) is 16.8 Å². The molecule has 0 radical (unpaired) electrons. The highest BCUT2D eigenvalue weighted by molar-refractivity contribution is 5.72. The Morgan fingerprint density at radius 2 is 2.00 bits per heavy atom. The Kier molecular flexibility index (Phi) is 3.20. The molecule has 1 aromatic carbocycles. The summed E-state index contributed by atoms with van der Waals surface area (Å²) < 4.78 is 7.71. The van der Waals surface area contributed by atoms with Crippen LogP contribution in [0.25, 0.3) is 11.1 Å². The number of para-hydroxylation sites is 2. The quantitative estimate of drug-likeness (QED) is 0.791. The monoisotopic (exact) mass is 284 g/mol. The van der Waals surface area contributed by atoms with E-state index in [-0.39, 0.29) is 11.6 Å². The maximum Gasteiger partial charge on any atom is 0.217 e. The molecule has 0 bridgehead atoms. The van der Waals surface area contributed by atoms with Crippen LogP contribution in [0.3, 0.4) is 0 Å². The highest BCUT2D eigenvalue weighted by atomic mass is 16.3. The molecule has 0 aliphatic rings. The van der Waals surface area contributed by atoms with E-state index in [1.165, 1.54) is 0 Å². The molecule has 1 N–H and O–H groups in total. The lowest BCUT2D eigenvalue weighted by Crippen LogP contribution is -2.21. The molecule has 1 unspecified atom stereocenters. The minimum atomic E-state index is -0.0270. The van der Waals surface area contributed by atoms with Gasteiger partial charge in [-0.15, -0.1) is 0 Å². The number of nitrogens with one attached hydrogen (secondary N) is 1. The van der Waals surface area contributed by atoms with Gasteiger partial charge in [-0.3, -0.25) is 4.68 Å². The second-order valence-corrected chi connectivity index (χ2v) is 6.23. The molecule has 2 heterocycles. The summed E-state index contributed by atoms with van der Waals surface area (Å²) in [6, 6.07) is 7.76. The number of oxazole rings is 1. The van der Waals surface area contributed by atoms with Gasteiger partial charge in [0.05, 0.1) is 17.4 Å². The van der Waals surface area contributed by atoms with Crippen molar-refractivity contribution in [1.29, 1.82) is 0 Å². The van der Waals surface area contributed by atoms with Crippen LogP contribution < -0.4 is 5.32 Å². The van der Waals surface area contributed by atoms with Crippen molar-refractivity contribution in [3.05, 3.63) is 42.5 Å². The van der Waals surface area contributed by atoms with Crippen molar-refractivity contribution >= 4 is 16.8 Å². The van der Waals surface area contributed by atoms with Crippen molar-refractivity contribution in [3.63, 3.8) is 0 Å². The second-order valence-electron chi connectivity index (χ2n) is 6.23. The summed E-state index contributed by atoms with van der Waals surface area (Å²) in [5.41, 5.74) is 2.62. The Hall–Kier alpha value is -2.30. The number of fused-ring (bicyclic) bond motifs is 1. The first kappa shape index (κ1) is 13.7. The lowest BCUT2D eigenvalue weighted by atomic mass is 10.1. The fourth-order valence-electron chi connectivity index (χ4n) is 2.15. The highest BCUT2D eigenvalue weighted by Crippen LogP contribution is 2.23. The zero-order valence-electron chi connectivity index (χ0n) is 12.8. The van der Waals surface area contributed by atoms with E-state index in [2.05, 4.69) is 36.2 Å². The van der Waals surface area contributed by atoms with Gasteiger partial charge in [0, 0.05) is 6.20 Å². The Bertz CT molecular complexity index is 718. The summed E-state index contributed by atoms with van der Waals surface area (Å²) in [5, 5.41) is 7.75. The van der Waals surface area contributed by atoms with Gasteiger partial charge in [0.1, 0.15) is 11.6 Å². The van der Waals surface area contributed by atoms with Crippen molar-refractivity contribution in [2.45, 2.75) is 39.3 Å². The van der Waals surface area contributed by atoms with Gasteiger partial charge in [-0.05, 0) is 39.8 Å². The maximum absolute atomic E-state index is 5.78. The molecular formula is C16H20N4O. The van der Waals surface area contributed by atoms with Crippen molar-refractivity contribution in [2.75, 3.05) is 5.32 Å². The summed E-state index contributed by atoms with van der Waals surface area (Å²) >= 11 is 0. The number of hydrogen-bond acceptors (Lipinski definition) is 4. The molecule has 0 amide bonds. The van der Waals surface area contributed by atoms with Gasteiger partial charge >= 0.3 is 0 Å². The summed E-state index contributed by atoms with van der Waals surface area (Å²) in [6.45, 7) is 8.38. The van der Waals surface area contributed by atoms with E-state index in [1.807, 2.05) is 48.3 Å². The summed E-state index contributed by atoms with van der Waals surface area (Å²) in [6.07, 6.45) is 3.82. The number of benzene rings is 1. The van der Waals surface area contributed by atoms with E-state index in [9.17, 15) is 0 Å². The van der Waals surface area contributed by atoms with Gasteiger partial charge in [0.15, 0.2) is 5.58 Å². The molecule has 21 heavy (non-hydrogen) atoms. The fourth-order valence-corrected chi connectivity index (χ4v) is 2.15. The average molecular weight is 284 g/mol. The minimum absolute atomic E-state index is 0.0185. The summed E-state index contributed by atoms with van der Waals surface area (Å²) in [5.74, 6) is 0.680. The van der Waals surface area contributed by atoms with E-state index in [1.54, 1.807) is 0 Å². The number of nitrogens with zero attached hydrogens (tertiary/aromatic N) is 3. The molecule has 110 valence electrons. The van der Waals surface area contributed by atoms with E-state index < -0.39 is 0 Å². The van der Waals surface area contributed by atoms with E-state index in [4.69, 9.17) is 4.42 Å². The SMILES string of the molecule is CC(Nc1cnn(C(C)(C)C)c1)c1nc2ccccc2o1. The van der Waals surface area contributed by atoms with Gasteiger partial charge < -0.3 is 9.73 Å². The first-order valence-corrected chi connectivity index (χ1v) is 7.10. The van der Waals surface area contributed by atoms with Crippen LogP contribution in [0.5, 0.6) is 0 Å². The summed E-state index contributed by atoms with van der Waals surface area (Å²) in [4.78, 5) is 4.51. The first-order valence-electron chi connectivity index (χ1n) is 7.10. The Balaban J connectivity index is 1.79. The lowest BCUT2D eigenvalue weighted by Gasteiger charge is -2.18. The van der Waals surface area contributed by atoms with E-state index >= 15 is 0 Å². The topological polar surface area (TPSA) is 55.9 Å².